The lowest BCUT2D eigenvalue weighted by atomic mass is 10.1. The molecule has 0 aliphatic carbocycles. The molecule has 0 unspecified atom stereocenters. The number of nitrogens with one attached hydrogen (secondary N) is 1. The minimum atomic E-state index is 0.571. The van der Waals surface area contributed by atoms with Gasteiger partial charge in [-0.2, -0.15) is 5.10 Å². The third-order valence-electron chi connectivity index (χ3n) is 2.27. The average Bonchev–Trinajstić information content (AvgIpc) is 2.71. The predicted molar refractivity (Wildman–Crippen MR) is 54.8 cm³/mol. The quantitative estimate of drug-likeness (QED) is 0.764. The van der Waals surface area contributed by atoms with E-state index < -0.39 is 0 Å². The summed E-state index contributed by atoms with van der Waals surface area (Å²) in [6, 6.07) is 1.96. The molecule has 0 aliphatic heterocycles. The predicted octanol–water partition coefficient (Wildman–Crippen LogP) is 2.12. The Balaban J connectivity index is 2.51. The van der Waals surface area contributed by atoms with Crippen LogP contribution >= 0.6 is 0 Å². The summed E-state index contributed by atoms with van der Waals surface area (Å²) in [5.41, 5.74) is 8.73. The third-order valence-corrected chi connectivity index (χ3v) is 2.27. The molecule has 0 radical (unpaired) electrons. The Morgan fingerprint density at radius 2 is 2.36 bits per heavy atom. The fraction of sp³-hybridized carbons (Fsp3) is 0.300. The Labute approximate surface area is 82.1 Å². The van der Waals surface area contributed by atoms with Crippen LogP contribution in [0.25, 0.3) is 11.3 Å². The van der Waals surface area contributed by atoms with Crippen LogP contribution in [0.3, 0.4) is 0 Å². The van der Waals surface area contributed by atoms with E-state index in [0.717, 1.165) is 29.0 Å². The van der Waals surface area contributed by atoms with Gasteiger partial charge in [-0.05, 0) is 19.4 Å². The minimum absolute atomic E-state index is 0.571. The molecule has 4 heteroatoms. The molecule has 0 bridgehead atoms. The van der Waals surface area contributed by atoms with Crippen molar-refractivity contribution in [3.8, 4) is 11.3 Å². The molecule has 2 rings (SSSR count). The van der Waals surface area contributed by atoms with Crippen LogP contribution in [0, 0.1) is 6.92 Å². The highest BCUT2D eigenvalue weighted by molar-refractivity contribution is 5.67. The van der Waals surface area contributed by atoms with Crippen molar-refractivity contribution >= 4 is 5.82 Å². The van der Waals surface area contributed by atoms with E-state index in [9.17, 15) is 0 Å². The molecule has 0 aromatic carbocycles. The van der Waals surface area contributed by atoms with Crippen LogP contribution in [0.1, 0.15) is 18.2 Å². The first-order chi connectivity index (χ1) is 6.72. The summed E-state index contributed by atoms with van der Waals surface area (Å²) in [5.74, 6) is 1.46. The van der Waals surface area contributed by atoms with E-state index in [1.807, 2.05) is 13.0 Å². The first-order valence-electron chi connectivity index (χ1n) is 4.60. The molecule has 0 amide bonds. The lowest BCUT2D eigenvalue weighted by Crippen LogP contribution is -1.90. The molecule has 2 heterocycles. The summed E-state index contributed by atoms with van der Waals surface area (Å²) in [4.78, 5) is 0. The Morgan fingerprint density at radius 1 is 1.57 bits per heavy atom. The maximum Gasteiger partial charge on any atom is 0.149 e. The van der Waals surface area contributed by atoms with E-state index in [-0.39, 0.29) is 0 Å². The van der Waals surface area contributed by atoms with Crippen molar-refractivity contribution in [3.05, 3.63) is 23.7 Å². The van der Waals surface area contributed by atoms with Gasteiger partial charge in [-0.15, -0.1) is 0 Å². The molecule has 3 N–H and O–H groups in total. The number of aromatic amines is 1. The first kappa shape index (κ1) is 8.87. The fourth-order valence-electron chi connectivity index (χ4n) is 1.55. The van der Waals surface area contributed by atoms with Crippen LogP contribution in [0.15, 0.2) is 16.7 Å². The van der Waals surface area contributed by atoms with Crippen molar-refractivity contribution in [3.63, 3.8) is 0 Å². The molecule has 0 atom stereocenters. The summed E-state index contributed by atoms with van der Waals surface area (Å²) < 4.78 is 5.24. The van der Waals surface area contributed by atoms with Crippen molar-refractivity contribution in [2.45, 2.75) is 20.3 Å². The summed E-state index contributed by atoms with van der Waals surface area (Å²) in [6.45, 7) is 3.96. The highest BCUT2D eigenvalue weighted by Gasteiger charge is 2.12. The first-order valence-corrected chi connectivity index (χ1v) is 4.60. The zero-order valence-electron chi connectivity index (χ0n) is 8.29. The van der Waals surface area contributed by atoms with Crippen LogP contribution < -0.4 is 5.73 Å². The van der Waals surface area contributed by atoms with E-state index in [2.05, 4.69) is 17.1 Å². The summed E-state index contributed by atoms with van der Waals surface area (Å²) in [7, 11) is 0. The van der Waals surface area contributed by atoms with Gasteiger partial charge in [-0.3, -0.25) is 5.10 Å². The third kappa shape index (κ3) is 1.28. The van der Waals surface area contributed by atoms with Gasteiger partial charge in [0.2, 0.25) is 0 Å². The Morgan fingerprint density at radius 3 is 2.93 bits per heavy atom. The van der Waals surface area contributed by atoms with Crippen LogP contribution in [0.5, 0.6) is 0 Å². The van der Waals surface area contributed by atoms with Crippen molar-refractivity contribution in [2.24, 2.45) is 0 Å². The molecular weight excluding hydrogens is 178 g/mol. The highest BCUT2D eigenvalue weighted by Crippen LogP contribution is 2.26. The lowest BCUT2D eigenvalue weighted by Gasteiger charge is -1.96. The molecule has 0 fully saturated rings. The number of nitrogens with zero attached hydrogens (tertiary/aromatic N) is 1. The average molecular weight is 191 g/mol. The van der Waals surface area contributed by atoms with Gasteiger partial charge in [0, 0.05) is 11.1 Å². The molecule has 74 valence electrons. The number of rotatable bonds is 2. The highest BCUT2D eigenvalue weighted by atomic mass is 16.3. The largest absolute Gasteiger partial charge is 0.469 e. The molecular formula is C10H13N3O. The second-order valence-corrected chi connectivity index (χ2v) is 3.26. The molecule has 4 nitrogen and oxygen atoms in total. The van der Waals surface area contributed by atoms with E-state index in [1.165, 1.54) is 0 Å². The molecule has 0 saturated carbocycles. The number of anilines is 1. The molecule has 0 saturated heterocycles. The smallest absolute Gasteiger partial charge is 0.149 e. The molecule has 0 spiro atoms. The maximum absolute atomic E-state index is 5.72. The standard InChI is InChI=1S/C10H13N3O/c1-3-8-9(12-13-10(8)11)7-4-6(2)14-5-7/h4-5H,3H2,1-2H3,(H3,11,12,13). The number of hydrogen-bond acceptors (Lipinski definition) is 3. The van der Waals surface area contributed by atoms with E-state index in [1.54, 1.807) is 6.26 Å². The van der Waals surface area contributed by atoms with Crippen molar-refractivity contribution in [1.82, 2.24) is 10.2 Å². The maximum atomic E-state index is 5.72. The van der Waals surface area contributed by atoms with Gasteiger partial charge in [0.25, 0.3) is 0 Å². The Bertz CT molecular complexity index is 442. The van der Waals surface area contributed by atoms with Gasteiger partial charge in [0.1, 0.15) is 17.8 Å². The normalized spacial score (nSPS) is 10.7. The summed E-state index contributed by atoms with van der Waals surface area (Å²) >= 11 is 0. The number of aromatic nitrogens is 2. The topological polar surface area (TPSA) is 67.8 Å². The molecule has 2 aromatic heterocycles. The summed E-state index contributed by atoms with van der Waals surface area (Å²) in [6.07, 6.45) is 2.57. The van der Waals surface area contributed by atoms with Crippen molar-refractivity contribution in [1.29, 1.82) is 0 Å². The van der Waals surface area contributed by atoms with Crippen LogP contribution in [0.2, 0.25) is 0 Å². The number of hydrogen-bond donors (Lipinski definition) is 2. The fourth-order valence-corrected chi connectivity index (χ4v) is 1.55. The van der Waals surface area contributed by atoms with E-state index in [4.69, 9.17) is 10.2 Å². The molecule has 2 aromatic rings. The van der Waals surface area contributed by atoms with Gasteiger partial charge in [-0.1, -0.05) is 6.92 Å². The van der Waals surface area contributed by atoms with E-state index in [0.29, 0.717) is 5.82 Å². The number of nitrogen functional groups attached to an aromatic ring is 1. The van der Waals surface area contributed by atoms with Gasteiger partial charge < -0.3 is 10.2 Å². The number of furan rings is 1. The zero-order chi connectivity index (χ0) is 10.1. The van der Waals surface area contributed by atoms with Crippen LogP contribution in [-0.2, 0) is 6.42 Å². The van der Waals surface area contributed by atoms with Crippen LogP contribution in [0.4, 0.5) is 5.82 Å². The Kier molecular flexibility index (Phi) is 2.04. The second kappa shape index (κ2) is 3.21. The monoisotopic (exact) mass is 191 g/mol. The summed E-state index contributed by atoms with van der Waals surface area (Å²) in [5, 5.41) is 6.90. The molecule has 0 aliphatic rings. The second-order valence-electron chi connectivity index (χ2n) is 3.26. The zero-order valence-corrected chi connectivity index (χ0v) is 8.29. The lowest BCUT2D eigenvalue weighted by molar-refractivity contribution is 0.535. The van der Waals surface area contributed by atoms with Crippen molar-refractivity contribution < 1.29 is 4.42 Å². The number of H-pyrrole nitrogens is 1. The van der Waals surface area contributed by atoms with E-state index >= 15 is 0 Å². The minimum Gasteiger partial charge on any atom is -0.469 e. The van der Waals surface area contributed by atoms with Crippen molar-refractivity contribution in [2.75, 3.05) is 5.73 Å². The van der Waals surface area contributed by atoms with Gasteiger partial charge in [0.15, 0.2) is 0 Å². The molecule has 14 heavy (non-hydrogen) atoms. The number of nitrogens with two attached hydrogens (primary N) is 1. The van der Waals surface area contributed by atoms with Gasteiger partial charge in [-0.25, -0.2) is 0 Å². The SMILES string of the molecule is CCc1c(N)n[nH]c1-c1coc(C)c1. The Hall–Kier alpha value is -1.71. The van der Waals surface area contributed by atoms with Gasteiger partial charge >= 0.3 is 0 Å². The number of aryl methyl sites for hydroxylation is 1. The van der Waals surface area contributed by atoms with Gasteiger partial charge in [0.05, 0.1) is 5.69 Å². The van der Waals surface area contributed by atoms with Crippen LogP contribution in [-0.4, -0.2) is 10.2 Å².